The van der Waals surface area contributed by atoms with Crippen molar-refractivity contribution in [1.29, 1.82) is 0 Å². The first-order valence-corrected chi connectivity index (χ1v) is 3.75. The zero-order valence-electron chi connectivity index (χ0n) is 6.42. The third-order valence-corrected chi connectivity index (χ3v) is 1.33. The van der Waals surface area contributed by atoms with Crippen LogP contribution in [0.25, 0.3) is 0 Å². The van der Waals surface area contributed by atoms with Gasteiger partial charge in [-0.1, -0.05) is 0 Å². The minimum atomic E-state index is 0.708. The Morgan fingerprint density at radius 3 is 3.09 bits per heavy atom. The zero-order chi connectivity index (χ0) is 7.94. The second kappa shape index (κ2) is 4.73. The van der Waals surface area contributed by atoms with Crippen molar-refractivity contribution in [1.82, 2.24) is 10.2 Å². The lowest BCUT2D eigenvalue weighted by molar-refractivity contribution is 0.296. The van der Waals surface area contributed by atoms with Gasteiger partial charge in [0.25, 0.3) is 0 Å². The lowest BCUT2D eigenvalue weighted by Gasteiger charge is -2.00. The van der Waals surface area contributed by atoms with Crippen molar-refractivity contribution in [2.24, 2.45) is 5.73 Å². The van der Waals surface area contributed by atoms with Gasteiger partial charge in [0, 0.05) is 6.07 Å². The number of hydrogen-bond acceptors (Lipinski definition) is 3. The van der Waals surface area contributed by atoms with Gasteiger partial charge in [0.1, 0.15) is 0 Å². The Kier molecular flexibility index (Phi) is 3.47. The molecule has 0 aromatic carbocycles. The molecule has 62 valence electrons. The molecule has 0 atom stereocenters. The summed E-state index contributed by atoms with van der Waals surface area (Å²) in [6.45, 7) is 1.44. The molecule has 0 radical (unpaired) electrons. The maximum atomic E-state index is 5.31. The molecule has 3 N–H and O–H groups in total. The van der Waals surface area contributed by atoms with E-state index in [0.717, 1.165) is 25.3 Å². The molecule has 1 rings (SSSR count). The van der Waals surface area contributed by atoms with Gasteiger partial charge in [-0.25, -0.2) is 5.10 Å². The Morgan fingerprint density at radius 2 is 2.45 bits per heavy atom. The molecular weight excluding hydrogens is 142 g/mol. The summed E-state index contributed by atoms with van der Waals surface area (Å²) in [5.74, 6) is 0.724. The summed E-state index contributed by atoms with van der Waals surface area (Å²) in [7, 11) is 0. The molecule has 0 aliphatic rings. The molecular formula is C7H13N3O. The van der Waals surface area contributed by atoms with E-state index in [1.54, 1.807) is 12.3 Å². The van der Waals surface area contributed by atoms with Gasteiger partial charge in [-0.05, 0) is 19.4 Å². The van der Waals surface area contributed by atoms with Gasteiger partial charge < -0.3 is 10.5 Å². The van der Waals surface area contributed by atoms with E-state index in [9.17, 15) is 0 Å². The van der Waals surface area contributed by atoms with E-state index < -0.39 is 0 Å². The van der Waals surface area contributed by atoms with E-state index in [4.69, 9.17) is 10.5 Å². The van der Waals surface area contributed by atoms with Crippen LogP contribution in [0.4, 0.5) is 0 Å². The highest BCUT2D eigenvalue weighted by atomic mass is 16.5. The average Bonchev–Trinajstić information content (AvgIpc) is 2.50. The fourth-order valence-corrected chi connectivity index (χ4v) is 0.752. The molecule has 0 bridgehead atoms. The summed E-state index contributed by atoms with van der Waals surface area (Å²) in [5, 5.41) is 6.46. The number of nitrogens with two attached hydrogens (primary N) is 1. The highest BCUT2D eigenvalue weighted by Crippen LogP contribution is 2.02. The fraction of sp³-hybridized carbons (Fsp3) is 0.571. The van der Waals surface area contributed by atoms with Crippen molar-refractivity contribution in [2.75, 3.05) is 13.2 Å². The van der Waals surface area contributed by atoms with E-state index in [1.807, 2.05) is 0 Å². The Hall–Kier alpha value is -1.03. The molecule has 0 amide bonds. The number of nitrogens with zero attached hydrogens (tertiary/aromatic N) is 1. The molecule has 0 spiro atoms. The minimum Gasteiger partial charge on any atom is -0.478 e. The van der Waals surface area contributed by atoms with E-state index in [2.05, 4.69) is 10.2 Å². The molecule has 0 aliphatic heterocycles. The number of aromatic nitrogens is 2. The van der Waals surface area contributed by atoms with Crippen LogP contribution in [0, 0.1) is 0 Å². The van der Waals surface area contributed by atoms with Gasteiger partial charge in [0.2, 0.25) is 5.88 Å². The topological polar surface area (TPSA) is 63.9 Å². The molecule has 1 heterocycles. The fourth-order valence-electron chi connectivity index (χ4n) is 0.752. The molecule has 1 aromatic heterocycles. The third-order valence-electron chi connectivity index (χ3n) is 1.33. The van der Waals surface area contributed by atoms with Crippen LogP contribution in [0.1, 0.15) is 12.8 Å². The van der Waals surface area contributed by atoms with Crippen LogP contribution in [-0.2, 0) is 0 Å². The molecule has 1 aromatic rings. The lowest BCUT2D eigenvalue weighted by Crippen LogP contribution is -2.03. The quantitative estimate of drug-likeness (QED) is 0.609. The molecule has 0 saturated heterocycles. The van der Waals surface area contributed by atoms with Gasteiger partial charge in [0.15, 0.2) is 0 Å². The zero-order valence-corrected chi connectivity index (χ0v) is 6.42. The summed E-state index contributed by atoms with van der Waals surface area (Å²) in [5.41, 5.74) is 5.31. The highest BCUT2D eigenvalue weighted by molar-refractivity contribution is 5.03. The first kappa shape index (κ1) is 8.07. The summed E-state index contributed by atoms with van der Waals surface area (Å²) in [4.78, 5) is 0. The van der Waals surface area contributed by atoms with Crippen LogP contribution in [-0.4, -0.2) is 23.3 Å². The van der Waals surface area contributed by atoms with Gasteiger partial charge >= 0.3 is 0 Å². The van der Waals surface area contributed by atoms with Crippen LogP contribution in [0.15, 0.2) is 12.3 Å². The minimum absolute atomic E-state index is 0.708. The largest absolute Gasteiger partial charge is 0.478 e. The predicted molar refractivity (Wildman–Crippen MR) is 42.4 cm³/mol. The number of hydrogen-bond donors (Lipinski definition) is 2. The van der Waals surface area contributed by atoms with Crippen LogP contribution < -0.4 is 10.5 Å². The number of H-pyrrole nitrogens is 1. The Morgan fingerprint density at radius 1 is 1.55 bits per heavy atom. The first-order valence-electron chi connectivity index (χ1n) is 3.75. The average molecular weight is 155 g/mol. The summed E-state index contributed by atoms with van der Waals surface area (Å²) in [6, 6.07) is 1.79. The van der Waals surface area contributed by atoms with Crippen molar-refractivity contribution in [3.63, 3.8) is 0 Å². The summed E-state index contributed by atoms with van der Waals surface area (Å²) < 4.78 is 5.27. The lowest BCUT2D eigenvalue weighted by atomic mass is 10.3. The smallest absolute Gasteiger partial charge is 0.208 e. The van der Waals surface area contributed by atoms with Crippen molar-refractivity contribution in [3.8, 4) is 5.88 Å². The second-order valence-corrected chi connectivity index (χ2v) is 2.27. The van der Waals surface area contributed by atoms with Gasteiger partial charge in [-0.15, -0.1) is 0 Å². The molecule has 0 saturated carbocycles. The Labute approximate surface area is 65.7 Å². The number of aromatic amines is 1. The van der Waals surface area contributed by atoms with Gasteiger partial charge in [-0.3, -0.25) is 0 Å². The van der Waals surface area contributed by atoms with Crippen LogP contribution in [0.5, 0.6) is 5.88 Å². The molecule has 0 aliphatic carbocycles. The molecule has 4 nitrogen and oxygen atoms in total. The molecule has 0 fully saturated rings. The SMILES string of the molecule is NCCCCOc1ccn[nH]1. The predicted octanol–water partition coefficient (Wildman–Crippen LogP) is 0.527. The Bertz CT molecular complexity index is 174. The first-order chi connectivity index (χ1) is 5.43. The van der Waals surface area contributed by atoms with E-state index in [1.165, 1.54) is 0 Å². The summed E-state index contributed by atoms with van der Waals surface area (Å²) >= 11 is 0. The van der Waals surface area contributed by atoms with Crippen molar-refractivity contribution in [2.45, 2.75) is 12.8 Å². The maximum absolute atomic E-state index is 5.31. The monoisotopic (exact) mass is 155 g/mol. The van der Waals surface area contributed by atoms with E-state index in [0.29, 0.717) is 6.61 Å². The standard InChI is InChI=1S/C7H13N3O/c8-4-1-2-6-11-7-3-5-9-10-7/h3,5H,1-2,4,6,8H2,(H,9,10). The van der Waals surface area contributed by atoms with Crippen molar-refractivity contribution in [3.05, 3.63) is 12.3 Å². The van der Waals surface area contributed by atoms with Crippen LogP contribution >= 0.6 is 0 Å². The maximum Gasteiger partial charge on any atom is 0.208 e. The number of ether oxygens (including phenoxy) is 1. The van der Waals surface area contributed by atoms with Crippen molar-refractivity contribution >= 4 is 0 Å². The number of unbranched alkanes of at least 4 members (excludes halogenated alkanes) is 1. The van der Waals surface area contributed by atoms with E-state index in [-0.39, 0.29) is 0 Å². The molecule has 4 heteroatoms. The molecule has 11 heavy (non-hydrogen) atoms. The Balaban J connectivity index is 2.04. The normalized spacial score (nSPS) is 9.91. The second-order valence-electron chi connectivity index (χ2n) is 2.27. The summed E-state index contributed by atoms with van der Waals surface area (Å²) in [6.07, 6.45) is 3.67. The highest BCUT2D eigenvalue weighted by Gasteiger charge is 1.91. The van der Waals surface area contributed by atoms with Crippen molar-refractivity contribution < 1.29 is 4.74 Å². The third kappa shape index (κ3) is 3.04. The van der Waals surface area contributed by atoms with Gasteiger partial charge in [0.05, 0.1) is 12.8 Å². The number of rotatable bonds is 5. The van der Waals surface area contributed by atoms with Crippen LogP contribution in [0.2, 0.25) is 0 Å². The number of nitrogens with one attached hydrogen (secondary N) is 1. The van der Waals surface area contributed by atoms with Crippen LogP contribution in [0.3, 0.4) is 0 Å². The van der Waals surface area contributed by atoms with Gasteiger partial charge in [-0.2, -0.15) is 5.10 Å². The van der Waals surface area contributed by atoms with E-state index >= 15 is 0 Å². The molecule has 0 unspecified atom stereocenters.